The summed E-state index contributed by atoms with van der Waals surface area (Å²) < 4.78 is 0. The fraction of sp³-hybridized carbons (Fsp3) is 0.556. The molecule has 2 aromatic heterocycles. The number of hydrogen-bond donors (Lipinski definition) is 3. The molecule has 34 heavy (non-hydrogen) atoms. The molecule has 3 N–H and O–H groups in total. The first-order valence-electron chi connectivity index (χ1n) is 12.4. The molecule has 2 aliphatic rings. The second-order valence-corrected chi connectivity index (χ2v) is 10.4. The lowest BCUT2D eigenvalue weighted by molar-refractivity contribution is -0.142. The Morgan fingerprint density at radius 3 is 2.68 bits per heavy atom. The Morgan fingerprint density at radius 1 is 1.18 bits per heavy atom. The van der Waals surface area contributed by atoms with Crippen molar-refractivity contribution in [2.75, 3.05) is 0 Å². The molecule has 7 nitrogen and oxygen atoms in total. The number of amides is 2. The minimum atomic E-state index is -0.595. The van der Waals surface area contributed by atoms with Gasteiger partial charge in [0.1, 0.15) is 5.69 Å². The summed E-state index contributed by atoms with van der Waals surface area (Å²) >= 11 is 0. The summed E-state index contributed by atoms with van der Waals surface area (Å²) in [5.74, 6) is -0.518. The zero-order valence-corrected chi connectivity index (χ0v) is 20.3. The Morgan fingerprint density at radius 2 is 1.97 bits per heavy atom. The van der Waals surface area contributed by atoms with Crippen molar-refractivity contribution in [1.29, 1.82) is 0 Å². The first kappa shape index (κ1) is 24.3. The Hall–Kier alpha value is -2.80. The van der Waals surface area contributed by atoms with E-state index in [0.29, 0.717) is 12.2 Å². The van der Waals surface area contributed by atoms with Crippen molar-refractivity contribution < 1.29 is 14.7 Å². The number of pyridine rings is 2. The summed E-state index contributed by atoms with van der Waals surface area (Å²) in [6.45, 7) is 6.74. The molecule has 2 fully saturated rings. The zero-order valence-electron chi connectivity index (χ0n) is 20.3. The van der Waals surface area contributed by atoms with Crippen molar-refractivity contribution in [3.63, 3.8) is 0 Å². The normalized spacial score (nSPS) is 31.7. The van der Waals surface area contributed by atoms with Gasteiger partial charge in [-0.2, -0.15) is 0 Å². The van der Waals surface area contributed by atoms with Crippen LogP contribution in [0.15, 0.2) is 48.9 Å². The van der Waals surface area contributed by atoms with E-state index in [4.69, 9.17) is 0 Å². The Labute approximate surface area is 201 Å². The van der Waals surface area contributed by atoms with Crippen LogP contribution in [0.2, 0.25) is 0 Å². The van der Waals surface area contributed by atoms with E-state index in [0.717, 1.165) is 31.2 Å². The molecule has 0 radical (unpaired) electrons. The van der Waals surface area contributed by atoms with Crippen LogP contribution in [0, 0.1) is 29.1 Å². The highest BCUT2D eigenvalue weighted by molar-refractivity contribution is 5.92. The van der Waals surface area contributed by atoms with Gasteiger partial charge >= 0.3 is 0 Å². The van der Waals surface area contributed by atoms with Crippen molar-refractivity contribution in [3.8, 4) is 0 Å². The fourth-order valence-electron chi connectivity index (χ4n) is 6.28. The first-order chi connectivity index (χ1) is 16.3. The molecule has 2 amide bonds. The smallest absolute Gasteiger partial charge is 0.270 e. The minimum Gasteiger partial charge on any atom is -0.392 e. The van der Waals surface area contributed by atoms with Crippen LogP contribution in [0.25, 0.3) is 0 Å². The lowest BCUT2D eigenvalue weighted by Gasteiger charge is -2.56. The van der Waals surface area contributed by atoms with E-state index in [2.05, 4.69) is 34.4 Å². The average molecular weight is 465 g/mol. The third-order valence-corrected chi connectivity index (χ3v) is 8.35. The van der Waals surface area contributed by atoms with Crippen LogP contribution in [0.4, 0.5) is 0 Å². The highest BCUT2D eigenvalue weighted by Crippen LogP contribution is 2.55. The van der Waals surface area contributed by atoms with Gasteiger partial charge in [-0.1, -0.05) is 32.9 Å². The molecule has 2 aromatic rings. The maximum atomic E-state index is 12.9. The van der Waals surface area contributed by atoms with Crippen LogP contribution in [0.5, 0.6) is 0 Å². The molecule has 0 aliphatic heterocycles. The Balaban J connectivity index is 1.42. The number of aliphatic hydroxyl groups excluding tert-OH is 1. The van der Waals surface area contributed by atoms with Crippen LogP contribution in [0.3, 0.4) is 0 Å². The van der Waals surface area contributed by atoms with Crippen LogP contribution in [-0.4, -0.2) is 39.0 Å². The molecule has 0 unspecified atom stereocenters. The second-order valence-electron chi connectivity index (χ2n) is 10.4. The molecule has 0 saturated heterocycles. The largest absolute Gasteiger partial charge is 0.392 e. The molecule has 4 rings (SSSR count). The van der Waals surface area contributed by atoms with Crippen molar-refractivity contribution in [2.45, 2.75) is 65.1 Å². The maximum absolute atomic E-state index is 12.9. The Kier molecular flexibility index (Phi) is 7.31. The summed E-state index contributed by atoms with van der Waals surface area (Å²) in [5, 5.41) is 17.7. The van der Waals surface area contributed by atoms with Gasteiger partial charge in [-0.25, -0.2) is 0 Å². The van der Waals surface area contributed by atoms with Crippen molar-refractivity contribution in [2.24, 2.45) is 29.1 Å². The summed E-state index contributed by atoms with van der Waals surface area (Å²) in [7, 11) is 0. The lowest BCUT2D eigenvalue weighted by Crippen LogP contribution is -2.58. The van der Waals surface area contributed by atoms with Crippen LogP contribution in [0.1, 0.15) is 62.5 Å². The van der Waals surface area contributed by atoms with Gasteiger partial charge < -0.3 is 15.7 Å². The van der Waals surface area contributed by atoms with E-state index < -0.39 is 6.10 Å². The van der Waals surface area contributed by atoms with Gasteiger partial charge in [0, 0.05) is 37.1 Å². The van der Waals surface area contributed by atoms with Gasteiger partial charge in [-0.3, -0.25) is 19.6 Å². The molecule has 0 bridgehead atoms. The van der Waals surface area contributed by atoms with E-state index in [-0.39, 0.29) is 46.9 Å². The average Bonchev–Trinajstić information content (AvgIpc) is 2.85. The van der Waals surface area contributed by atoms with E-state index in [1.165, 1.54) is 0 Å². The zero-order chi connectivity index (χ0) is 24.3. The number of aliphatic hydroxyl groups is 1. The highest BCUT2D eigenvalue weighted by atomic mass is 16.3. The van der Waals surface area contributed by atoms with Gasteiger partial charge in [-0.15, -0.1) is 0 Å². The number of rotatable bonds is 6. The number of fused-ring (bicyclic) bond motifs is 1. The van der Waals surface area contributed by atoms with E-state index in [1.807, 2.05) is 19.1 Å². The van der Waals surface area contributed by atoms with Crippen LogP contribution < -0.4 is 10.6 Å². The molecule has 182 valence electrons. The standard InChI is InChI=1S/C27H36N4O3/c1-17(25(33)30-16-19-7-6-13-28-15-19)20-9-11-27(3)12-10-21(18(2)23(27)24(20)32)31-26(34)22-8-4-5-14-29-22/h4-8,13-15,17-18,20-21,23-24,32H,9-12,16H2,1-3H3,(H,30,33)(H,31,34)/t17-,18+,20-,21-,23+,24-,27-/m0/s1. The van der Waals surface area contributed by atoms with E-state index in [1.54, 1.807) is 36.8 Å². The van der Waals surface area contributed by atoms with Gasteiger partial charge in [0.05, 0.1) is 6.10 Å². The molecule has 0 spiro atoms. The van der Waals surface area contributed by atoms with E-state index in [9.17, 15) is 14.7 Å². The number of aromatic nitrogens is 2. The van der Waals surface area contributed by atoms with Gasteiger partial charge in [0.2, 0.25) is 5.91 Å². The predicted molar refractivity (Wildman–Crippen MR) is 129 cm³/mol. The molecule has 0 aromatic carbocycles. The lowest BCUT2D eigenvalue weighted by atomic mass is 9.51. The third-order valence-electron chi connectivity index (χ3n) is 8.35. The number of carbonyl (C=O) groups excluding carboxylic acids is 2. The summed E-state index contributed by atoms with van der Waals surface area (Å²) in [4.78, 5) is 33.9. The van der Waals surface area contributed by atoms with Crippen molar-refractivity contribution >= 4 is 11.8 Å². The second kappa shape index (κ2) is 10.2. The predicted octanol–water partition coefficient (Wildman–Crippen LogP) is 3.35. The molecule has 7 atom stereocenters. The molecule has 2 heterocycles. The highest BCUT2D eigenvalue weighted by Gasteiger charge is 2.53. The molecule has 2 saturated carbocycles. The van der Waals surface area contributed by atoms with Crippen LogP contribution >= 0.6 is 0 Å². The topological polar surface area (TPSA) is 104 Å². The fourth-order valence-corrected chi connectivity index (χ4v) is 6.28. The molecular weight excluding hydrogens is 428 g/mol. The molecule has 2 aliphatic carbocycles. The van der Waals surface area contributed by atoms with E-state index >= 15 is 0 Å². The monoisotopic (exact) mass is 464 g/mol. The van der Waals surface area contributed by atoms with Crippen molar-refractivity contribution in [1.82, 2.24) is 20.6 Å². The number of nitrogens with one attached hydrogen (secondary N) is 2. The SMILES string of the molecule is C[C@H]1[C@@H]2[C@@H](O)[C@H]([C@H](C)C(=O)NCc3cccnc3)CC[C@@]2(C)CC[C@@H]1NC(=O)c1ccccn1. The van der Waals surface area contributed by atoms with Crippen LogP contribution in [-0.2, 0) is 11.3 Å². The first-order valence-corrected chi connectivity index (χ1v) is 12.4. The van der Waals surface area contributed by atoms with Gasteiger partial charge in [0.15, 0.2) is 0 Å². The summed E-state index contributed by atoms with van der Waals surface area (Å²) in [6, 6.07) is 9.06. The van der Waals surface area contributed by atoms with Crippen molar-refractivity contribution in [3.05, 3.63) is 60.2 Å². The summed E-state index contributed by atoms with van der Waals surface area (Å²) in [6.07, 6.45) is 8.11. The maximum Gasteiger partial charge on any atom is 0.270 e. The Bertz CT molecular complexity index is 986. The molecule has 7 heteroatoms. The van der Waals surface area contributed by atoms with Gasteiger partial charge in [0.25, 0.3) is 5.91 Å². The van der Waals surface area contributed by atoms with Gasteiger partial charge in [-0.05, 0) is 72.6 Å². The number of nitrogens with zero attached hydrogens (tertiary/aromatic N) is 2. The quantitative estimate of drug-likeness (QED) is 0.608. The molecular formula is C27H36N4O3. The number of hydrogen-bond acceptors (Lipinski definition) is 5. The minimum absolute atomic E-state index is 0.00740. The number of carbonyl (C=O) groups is 2. The third kappa shape index (κ3) is 4.99. The summed E-state index contributed by atoms with van der Waals surface area (Å²) in [5.41, 5.74) is 1.37.